The molecule has 0 saturated carbocycles. The van der Waals surface area contributed by atoms with Crippen LogP contribution in [0.2, 0.25) is 19.6 Å². The van der Waals surface area contributed by atoms with Gasteiger partial charge in [0.15, 0.2) is 0 Å². The van der Waals surface area contributed by atoms with Crippen LogP contribution < -0.4 is 5.19 Å². The molecule has 0 radical (unpaired) electrons. The molecule has 0 fully saturated rings. The highest BCUT2D eigenvalue weighted by molar-refractivity contribution is 6.88. The Kier molecular flexibility index (Phi) is 17.1. The summed E-state index contributed by atoms with van der Waals surface area (Å²) in [5.74, 6) is 1.29. The number of para-hydroxylation sites is 4. The Hall–Kier alpha value is -14.9. The monoisotopic (exact) mass is 1500 g/mol. The molecule has 0 unspecified atom stereocenters. The summed E-state index contributed by atoms with van der Waals surface area (Å²) in [6.45, 7) is 7.21. The van der Waals surface area contributed by atoms with Gasteiger partial charge in [0.25, 0.3) is 0 Å². The van der Waals surface area contributed by atoms with Gasteiger partial charge in [-0.15, -0.1) is 0 Å². The fourth-order valence-electron chi connectivity index (χ4n) is 17.1. The zero-order chi connectivity index (χ0) is 77.4. The van der Waals surface area contributed by atoms with Crippen LogP contribution in [-0.2, 0) is 0 Å². The Bertz CT molecular complexity index is 7380. The maximum atomic E-state index is 5.27. The van der Waals surface area contributed by atoms with Gasteiger partial charge in [0.2, 0.25) is 11.9 Å². The second-order valence-corrected chi connectivity index (χ2v) is 36.0. The first kappa shape index (κ1) is 69.1. The molecule has 0 atom stereocenters. The number of hydrogen-bond donors (Lipinski definition) is 0. The highest BCUT2D eigenvalue weighted by Gasteiger charge is 2.24. The SMILES string of the molecule is C[Si](C)(C)c1ccc(-n2c3ccccc3c3ccc(-c4ccc5c6ccccc6n(-c6nc(-c7ccccc7)cc(-c7ccccc7)n6)c5c4)cc32)cc1.c1ccc(-c2ccc(-c3ccc(-n4c5ccccc5c5ccc(-c6ccc7c8ccccc8n(-c8nc(-c9ccccc9)cc(-c9ccccc9)n8)c7c6)cc54)cc3)cc2)cc1. The number of nitrogens with zero attached hydrogens (tertiary/aromatic N) is 8. The molecule has 0 spiro atoms. The molecular formula is C107H76N8Si. The van der Waals surface area contributed by atoms with E-state index in [2.05, 4.69) is 420 Å². The minimum absolute atomic E-state index is 0.639. The van der Waals surface area contributed by atoms with Crippen LogP contribution in [0.15, 0.2) is 406 Å². The lowest BCUT2D eigenvalue weighted by Crippen LogP contribution is -2.37. The van der Waals surface area contributed by atoms with Crippen molar-refractivity contribution in [3.05, 3.63) is 406 Å². The molecule has 0 aliphatic heterocycles. The first-order valence-corrected chi connectivity index (χ1v) is 43.2. The van der Waals surface area contributed by atoms with E-state index in [-0.39, 0.29) is 0 Å². The van der Waals surface area contributed by atoms with Crippen LogP contribution in [0.25, 0.3) is 200 Å². The summed E-state index contributed by atoms with van der Waals surface area (Å²) in [5.41, 5.74) is 28.4. The average molecular weight is 1500 g/mol. The lowest BCUT2D eigenvalue weighted by Gasteiger charge is -2.17. The first-order valence-electron chi connectivity index (χ1n) is 39.7. The van der Waals surface area contributed by atoms with Crippen molar-refractivity contribution >= 4 is 100 Å². The number of hydrogen-bond acceptors (Lipinski definition) is 4. The molecule has 9 heteroatoms. The molecule has 6 aromatic heterocycles. The molecule has 22 rings (SSSR count). The van der Waals surface area contributed by atoms with Crippen molar-refractivity contribution in [1.29, 1.82) is 0 Å². The van der Waals surface area contributed by atoms with Gasteiger partial charge in [-0.05, 0) is 129 Å². The molecular weight excluding hydrogens is 1430 g/mol. The van der Waals surface area contributed by atoms with Gasteiger partial charge in [0.05, 0.1) is 75.0 Å². The molecule has 0 N–H and O–H groups in total. The van der Waals surface area contributed by atoms with Crippen molar-refractivity contribution in [3.63, 3.8) is 0 Å². The van der Waals surface area contributed by atoms with Crippen molar-refractivity contribution in [2.75, 3.05) is 0 Å². The van der Waals surface area contributed by atoms with Crippen molar-refractivity contribution < 1.29 is 0 Å². The van der Waals surface area contributed by atoms with Crippen LogP contribution in [0.4, 0.5) is 0 Å². The maximum absolute atomic E-state index is 5.27. The predicted octanol–water partition coefficient (Wildman–Crippen LogP) is 27.2. The molecule has 0 aliphatic carbocycles. The van der Waals surface area contributed by atoms with E-state index in [9.17, 15) is 0 Å². The third-order valence-electron chi connectivity index (χ3n) is 22.9. The van der Waals surface area contributed by atoms with Crippen molar-refractivity contribution in [1.82, 2.24) is 38.2 Å². The zero-order valence-electron chi connectivity index (χ0n) is 64.3. The largest absolute Gasteiger partial charge is 0.309 e. The summed E-state index contributed by atoms with van der Waals surface area (Å²) in [4.78, 5) is 21.1. The van der Waals surface area contributed by atoms with E-state index in [1.54, 1.807) is 0 Å². The maximum Gasteiger partial charge on any atom is 0.235 e. The van der Waals surface area contributed by atoms with Gasteiger partial charge >= 0.3 is 0 Å². The molecule has 6 heterocycles. The van der Waals surface area contributed by atoms with Crippen LogP contribution in [0, 0.1) is 0 Å². The van der Waals surface area contributed by atoms with Crippen LogP contribution in [-0.4, -0.2) is 46.3 Å². The lowest BCUT2D eigenvalue weighted by molar-refractivity contribution is 0.995. The summed E-state index contributed by atoms with van der Waals surface area (Å²) in [7, 11) is -1.43. The zero-order valence-corrected chi connectivity index (χ0v) is 65.3. The first-order chi connectivity index (χ1) is 57.1. The molecule has 0 bridgehead atoms. The molecule has 22 aromatic rings. The normalized spacial score (nSPS) is 11.8. The van der Waals surface area contributed by atoms with Gasteiger partial charge in [-0.25, -0.2) is 19.9 Å². The van der Waals surface area contributed by atoms with E-state index < -0.39 is 8.07 Å². The van der Waals surface area contributed by atoms with Crippen molar-refractivity contribution in [2.45, 2.75) is 19.6 Å². The highest BCUT2D eigenvalue weighted by Crippen LogP contribution is 2.43. The topological polar surface area (TPSA) is 71.3 Å². The van der Waals surface area contributed by atoms with Gasteiger partial charge in [0.1, 0.15) is 0 Å². The van der Waals surface area contributed by atoms with Gasteiger partial charge in [-0.2, -0.15) is 0 Å². The number of rotatable bonds is 13. The van der Waals surface area contributed by atoms with E-state index in [4.69, 9.17) is 19.9 Å². The van der Waals surface area contributed by atoms with E-state index in [1.807, 2.05) is 24.3 Å². The molecule has 0 aliphatic rings. The molecule has 116 heavy (non-hydrogen) atoms. The smallest absolute Gasteiger partial charge is 0.235 e. The molecule has 8 nitrogen and oxygen atoms in total. The van der Waals surface area contributed by atoms with Crippen molar-refractivity contribution in [2.24, 2.45) is 0 Å². The van der Waals surface area contributed by atoms with E-state index >= 15 is 0 Å². The Morgan fingerprint density at radius 3 is 0.681 bits per heavy atom. The minimum atomic E-state index is -1.43. The average Bonchev–Trinajstić information content (AvgIpc) is 1.57. The third-order valence-corrected chi connectivity index (χ3v) is 25.0. The van der Waals surface area contributed by atoms with E-state index in [0.29, 0.717) is 11.9 Å². The molecule has 0 amide bonds. The van der Waals surface area contributed by atoms with Gasteiger partial charge in [-0.3, -0.25) is 9.13 Å². The molecule has 16 aromatic carbocycles. The Morgan fingerprint density at radius 2 is 0.388 bits per heavy atom. The minimum Gasteiger partial charge on any atom is -0.309 e. The molecule has 0 saturated heterocycles. The van der Waals surface area contributed by atoms with Gasteiger partial charge in [-0.1, -0.05) is 346 Å². The Balaban J connectivity index is 0.000000146. The summed E-state index contributed by atoms with van der Waals surface area (Å²) in [5, 5.41) is 11.1. The summed E-state index contributed by atoms with van der Waals surface area (Å²) in [6, 6.07) is 145. The van der Waals surface area contributed by atoms with Gasteiger partial charge in [0, 0.05) is 76.7 Å². The fraction of sp³-hybridized carbons (Fsp3) is 0.0280. The van der Waals surface area contributed by atoms with E-state index in [1.165, 1.54) is 82.0 Å². The number of aromatic nitrogens is 8. The van der Waals surface area contributed by atoms with Crippen LogP contribution in [0.5, 0.6) is 0 Å². The second kappa shape index (κ2) is 28.7. The van der Waals surface area contributed by atoms with Crippen LogP contribution in [0.1, 0.15) is 0 Å². The summed E-state index contributed by atoms with van der Waals surface area (Å²) >= 11 is 0. The number of benzene rings is 16. The Labute approximate surface area is 673 Å². The summed E-state index contributed by atoms with van der Waals surface area (Å²) < 4.78 is 9.30. The summed E-state index contributed by atoms with van der Waals surface area (Å²) in [6.07, 6.45) is 0. The highest BCUT2D eigenvalue weighted by atomic mass is 28.3. The third kappa shape index (κ3) is 12.4. The van der Waals surface area contributed by atoms with Crippen LogP contribution >= 0.6 is 0 Å². The van der Waals surface area contributed by atoms with Crippen LogP contribution in [0.3, 0.4) is 0 Å². The second-order valence-electron chi connectivity index (χ2n) is 31.0. The fourth-order valence-corrected chi connectivity index (χ4v) is 18.2. The molecule has 548 valence electrons. The van der Waals surface area contributed by atoms with Crippen molar-refractivity contribution in [3.8, 4) is 113 Å². The quantitative estimate of drug-likeness (QED) is 0.108. The number of fused-ring (bicyclic) bond motifs is 12. The van der Waals surface area contributed by atoms with E-state index in [0.717, 1.165) is 111 Å². The predicted molar refractivity (Wildman–Crippen MR) is 488 cm³/mol. The van der Waals surface area contributed by atoms with Gasteiger partial charge < -0.3 is 9.13 Å². The Morgan fingerprint density at radius 1 is 0.172 bits per heavy atom. The lowest BCUT2D eigenvalue weighted by atomic mass is 10.00. The standard InChI is InChI=1S/C58H38N4.C49H38N4Si/c1-4-14-39(15-5-1)40-24-26-41(27-25-40)42-28-32-47(33-29-42)61-54-22-12-10-20-48(54)50-34-30-45(36-56(50)61)46-31-35-51-49-21-11-13-23-55(49)62(57(51)37-46)58-59-52(43-16-6-2-7-17-43)38-53(60-58)44-18-8-3-9-19-44;1-54(2,3)38-26-24-37(25-27-38)52-45-20-12-10-18-39(45)41-28-22-35(30-47(41)52)36-23-29-42-40-19-11-13-21-46(40)53(48(42)31-36)49-50-43(33-14-6-4-7-15-33)32-44(51-49)34-16-8-5-9-17-34/h1-38H;4-32H,1-3H3.